The summed E-state index contributed by atoms with van der Waals surface area (Å²) in [5, 5.41) is 3.27. The zero-order valence-electron chi connectivity index (χ0n) is 12.6. The highest BCUT2D eigenvalue weighted by Gasteiger charge is 1.99. The van der Waals surface area contributed by atoms with Gasteiger partial charge in [0.2, 0.25) is 0 Å². The molecular weight excluding hydrogens is 264 g/mol. The van der Waals surface area contributed by atoms with Gasteiger partial charge in [0.05, 0.1) is 20.3 Å². The second kappa shape index (κ2) is 8.27. The Morgan fingerprint density at radius 2 is 1.90 bits per heavy atom. The largest absolute Gasteiger partial charge is 0.497 e. The first-order valence-corrected chi connectivity index (χ1v) is 7.21. The maximum Gasteiger partial charge on any atom is 0.126 e. The van der Waals surface area contributed by atoms with Gasteiger partial charge in [0, 0.05) is 12.7 Å². The third kappa shape index (κ3) is 5.08. The van der Waals surface area contributed by atoms with Gasteiger partial charge in [-0.05, 0) is 41.8 Å². The Morgan fingerprint density at radius 3 is 2.67 bits per heavy atom. The highest BCUT2D eigenvalue weighted by molar-refractivity contribution is 5.37. The first kappa shape index (κ1) is 15.3. The van der Waals surface area contributed by atoms with Crippen molar-refractivity contribution in [3.63, 3.8) is 0 Å². The number of nitrogens with one attached hydrogen (secondary N) is 1. The minimum atomic E-state index is 0.567. The summed E-state index contributed by atoms with van der Waals surface area (Å²) >= 11 is 0. The van der Waals surface area contributed by atoms with E-state index in [4.69, 9.17) is 9.47 Å². The highest BCUT2D eigenvalue weighted by atomic mass is 16.5. The molecule has 4 heteroatoms. The lowest BCUT2D eigenvalue weighted by molar-refractivity contribution is 0.107. The lowest BCUT2D eigenvalue weighted by atomic mass is 10.2. The Hall–Kier alpha value is -2.07. The van der Waals surface area contributed by atoms with Crippen LogP contribution in [0.3, 0.4) is 0 Å². The Balaban J connectivity index is 1.85. The number of rotatable bonds is 8. The van der Waals surface area contributed by atoms with Crippen molar-refractivity contribution in [2.24, 2.45) is 0 Å². The fraction of sp³-hybridized carbons (Fsp3) is 0.353. The average Bonchev–Trinajstić information content (AvgIpc) is 2.53. The molecular formula is C17H22N2O2. The Bertz CT molecular complexity index is 558. The number of hydrogen-bond donors (Lipinski definition) is 1. The zero-order chi connectivity index (χ0) is 14.9. The van der Waals surface area contributed by atoms with Crippen LogP contribution in [0.1, 0.15) is 24.5 Å². The molecule has 0 aliphatic rings. The fourth-order valence-corrected chi connectivity index (χ4v) is 1.96. The summed E-state index contributed by atoms with van der Waals surface area (Å²) in [6.45, 7) is 4.20. The van der Waals surface area contributed by atoms with E-state index in [1.165, 1.54) is 0 Å². The summed E-state index contributed by atoms with van der Waals surface area (Å²) in [4.78, 5) is 4.28. The van der Waals surface area contributed by atoms with E-state index < -0.39 is 0 Å². The van der Waals surface area contributed by atoms with Crippen LogP contribution in [-0.2, 0) is 18.0 Å². The third-order valence-electron chi connectivity index (χ3n) is 3.05. The molecule has 21 heavy (non-hydrogen) atoms. The number of hydrogen-bond acceptors (Lipinski definition) is 4. The van der Waals surface area contributed by atoms with E-state index in [1.807, 2.05) is 42.6 Å². The maximum absolute atomic E-state index is 5.75. The first-order valence-electron chi connectivity index (χ1n) is 7.21. The lowest BCUT2D eigenvalue weighted by Crippen LogP contribution is -2.02. The van der Waals surface area contributed by atoms with Crippen molar-refractivity contribution in [3.05, 3.63) is 53.7 Å². The molecule has 1 aromatic carbocycles. The van der Waals surface area contributed by atoms with E-state index in [9.17, 15) is 0 Å². The number of methoxy groups -OCH3 is 1. The minimum Gasteiger partial charge on any atom is -0.497 e. The van der Waals surface area contributed by atoms with Crippen LogP contribution in [0.4, 0.5) is 5.82 Å². The van der Waals surface area contributed by atoms with Crippen molar-refractivity contribution in [1.82, 2.24) is 4.98 Å². The molecule has 1 aromatic heterocycles. The van der Waals surface area contributed by atoms with Gasteiger partial charge in [-0.3, -0.25) is 0 Å². The first-order chi connectivity index (χ1) is 10.3. The monoisotopic (exact) mass is 286 g/mol. The Kier molecular flexibility index (Phi) is 6.03. The number of aromatic nitrogens is 1. The molecule has 0 unspecified atom stereocenters. The van der Waals surface area contributed by atoms with Crippen LogP contribution in [0.5, 0.6) is 5.75 Å². The quantitative estimate of drug-likeness (QED) is 0.804. The van der Waals surface area contributed by atoms with Crippen molar-refractivity contribution in [2.45, 2.75) is 26.6 Å². The van der Waals surface area contributed by atoms with Crippen LogP contribution in [-0.4, -0.2) is 18.6 Å². The summed E-state index contributed by atoms with van der Waals surface area (Å²) in [7, 11) is 1.67. The molecule has 0 saturated heterocycles. The molecule has 0 bridgehead atoms. The van der Waals surface area contributed by atoms with Gasteiger partial charge >= 0.3 is 0 Å². The maximum atomic E-state index is 5.75. The molecule has 4 nitrogen and oxygen atoms in total. The SMILES string of the molecule is CCCNc1cc(COCc2cccc(OC)c2)ccn1. The van der Waals surface area contributed by atoms with Crippen molar-refractivity contribution >= 4 is 5.82 Å². The van der Waals surface area contributed by atoms with Crippen LogP contribution in [0.25, 0.3) is 0 Å². The van der Waals surface area contributed by atoms with Gasteiger partial charge in [0.15, 0.2) is 0 Å². The van der Waals surface area contributed by atoms with E-state index >= 15 is 0 Å². The van der Waals surface area contributed by atoms with Crippen molar-refractivity contribution in [3.8, 4) is 5.75 Å². The van der Waals surface area contributed by atoms with Gasteiger partial charge in [-0.25, -0.2) is 4.98 Å². The number of benzene rings is 1. The molecule has 0 spiro atoms. The van der Waals surface area contributed by atoms with Crippen LogP contribution < -0.4 is 10.1 Å². The van der Waals surface area contributed by atoms with E-state index in [1.54, 1.807) is 7.11 Å². The number of anilines is 1. The fourth-order valence-electron chi connectivity index (χ4n) is 1.96. The van der Waals surface area contributed by atoms with Gasteiger partial charge < -0.3 is 14.8 Å². The van der Waals surface area contributed by atoms with Gasteiger partial charge in [-0.1, -0.05) is 19.1 Å². The highest BCUT2D eigenvalue weighted by Crippen LogP contribution is 2.14. The summed E-state index contributed by atoms with van der Waals surface area (Å²) in [5.74, 6) is 1.75. The van der Waals surface area contributed by atoms with E-state index in [0.717, 1.165) is 35.7 Å². The molecule has 0 atom stereocenters. The molecule has 0 aliphatic carbocycles. The smallest absolute Gasteiger partial charge is 0.126 e. The van der Waals surface area contributed by atoms with Gasteiger partial charge in [0.25, 0.3) is 0 Å². The topological polar surface area (TPSA) is 43.4 Å². The van der Waals surface area contributed by atoms with Crippen LogP contribution in [0, 0.1) is 0 Å². The molecule has 2 rings (SSSR count). The number of ether oxygens (including phenoxy) is 2. The molecule has 0 radical (unpaired) electrons. The molecule has 1 heterocycles. The van der Waals surface area contributed by atoms with E-state index in [0.29, 0.717) is 13.2 Å². The van der Waals surface area contributed by atoms with E-state index in [2.05, 4.69) is 17.2 Å². The van der Waals surface area contributed by atoms with Gasteiger partial charge in [0.1, 0.15) is 11.6 Å². The van der Waals surface area contributed by atoms with Crippen molar-refractivity contribution < 1.29 is 9.47 Å². The Morgan fingerprint density at radius 1 is 1.10 bits per heavy atom. The van der Waals surface area contributed by atoms with Gasteiger partial charge in [-0.2, -0.15) is 0 Å². The molecule has 0 saturated carbocycles. The lowest BCUT2D eigenvalue weighted by Gasteiger charge is -2.08. The predicted octanol–water partition coefficient (Wildman–Crippen LogP) is 3.63. The summed E-state index contributed by atoms with van der Waals surface area (Å²) in [6, 6.07) is 11.9. The van der Waals surface area contributed by atoms with Crippen molar-refractivity contribution in [1.29, 1.82) is 0 Å². The Labute approximate surface area is 126 Å². The second-order valence-corrected chi connectivity index (χ2v) is 4.82. The number of nitrogens with zero attached hydrogens (tertiary/aromatic N) is 1. The summed E-state index contributed by atoms with van der Waals surface area (Å²) < 4.78 is 11.0. The molecule has 1 N–H and O–H groups in total. The molecule has 0 amide bonds. The minimum absolute atomic E-state index is 0.567. The molecule has 0 aliphatic heterocycles. The average molecular weight is 286 g/mol. The summed E-state index contributed by atoms with van der Waals surface area (Å²) in [6.07, 6.45) is 2.89. The van der Waals surface area contributed by atoms with Crippen molar-refractivity contribution in [2.75, 3.05) is 19.0 Å². The van der Waals surface area contributed by atoms with Crippen LogP contribution in [0.15, 0.2) is 42.6 Å². The summed E-state index contributed by atoms with van der Waals surface area (Å²) in [5.41, 5.74) is 2.22. The van der Waals surface area contributed by atoms with E-state index in [-0.39, 0.29) is 0 Å². The number of pyridine rings is 1. The molecule has 112 valence electrons. The third-order valence-corrected chi connectivity index (χ3v) is 3.05. The standard InChI is InChI=1S/C17H22N2O2/c1-3-8-18-17-11-15(7-9-19-17)13-21-12-14-5-4-6-16(10-14)20-2/h4-7,9-11H,3,8,12-13H2,1-2H3,(H,18,19). The van der Waals surface area contributed by atoms with Crippen LogP contribution >= 0.6 is 0 Å². The zero-order valence-corrected chi connectivity index (χ0v) is 12.6. The molecule has 0 fully saturated rings. The molecule has 2 aromatic rings. The normalized spacial score (nSPS) is 10.4. The van der Waals surface area contributed by atoms with Crippen LogP contribution in [0.2, 0.25) is 0 Å². The predicted molar refractivity (Wildman–Crippen MR) is 84.5 cm³/mol. The second-order valence-electron chi connectivity index (χ2n) is 4.82. The van der Waals surface area contributed by atoms with Gasteiger partial charge in [-0.15, -0.1) is 0 Å².